The zero-order valence-corrected chi connectivity index (χ0v) is 15.9. The molecule has 0 unspecified atom stereocenters. The van der Waals surface area contributed by atoms with Crippen LogP contribution in [0.15, 0.2) is 0 Å². The van der Waals surface area contributed by atoms with E-state index in [0.29, 0.717) is 29.7 Å². The van der Waals surface area contributed by atoms with Gasteiger partial charge in [-0.15, -0.1) is 0 Å². The molecule has 0 radical (unpaired) electrons. The fourth-order valence-corrected chi connectivity index (χ4v) is 6.09. The smallest absolute Gasteiger partial charge is 0.272 e. The Labute approximate surface area is 160 Å². The first-order valence-electron chi connectivity index (χ1n) is 10.9. The highest BCUT2D eigenvalue weighted by Crippen LogP contribution is 2.47. The molecule has 0 saturated carbocycles. The summed E-state index contributed by atoms with van der Waals surface area (Å²) in [5.74, 6) is 2.02. The van der Waals surface area contributed by atoms with E-state index in [9.17, 15) is 4.79 Å². The molecular formula is C21H28N4O2. The average Bonchev–Trinajstić information content (AvgIpc) is 3.48. The van der Waals surface area contributed by atoms with Gasteiger partial charge in [0.2, 0.25) is 5.95 Å². The number of aromatic nitrogens is 2. The second-order valence-corrected chi connectivity index (χ2v) is 9.03. The largest absolute Gasteiger partial charge is 0.374 e. The molecule has 2 bridgehead atoms. The lowest BCUT2D eigenvalue weighted by Crippen LogP contribution is -2.34. The number of fused-ring (bicyclic) bond motifs is 6. The van der Waals surface area contributed by atoms with Crippen molar-refractivity contribution in [3.8, 4) is 0 Å². The summed E-state index contributed by atoms with van der Waals surface area (Å²) in [6.07, 6.45) is 9.77. The van der Waals surface area contributed by atoms with Crippen molar-refractivity contribution in [2.24, 2.45) is 11.8 Å². The van der Waals surface area contributed by atoms with E-state index in [1.165, 1.54) is 32.1 Å². The van der Waals surface area contributed by atoms with Crippen molar-refractivity contribution in [2.75, 3.05) is 31.1 Å². The maximum absolute atomic E-state index is 13.5. The van der Waals surface area contributed by atoms with Gasteiger partial charge < -0.3 is 14.5 Å². The third kappa shape index (κ3) is 2.52. The SMILES string of the molecule is O=C(c1nc(N2CCCC2)nc2c1CCCC2)N1C[C@@H]2[C@H](C1)[C@H]1CC[C@@H]2O1. The molecule has 4 atom stereocenters. The number of aryl methyl sites for hydroxylation is 1. The molecule has 27 heavy (non-hydrogen) atoms. The van der Waals surface area contributed by atoms with E-state index in [0.717, 1.165) is 62.6 Å². The Kier molecular flexibility index (Phi) is 3.71. The van der Waals surface area contributed by atoms with Crippen LogP contribution in [-0.4, -0.2) is 59.2 Å². The van der Waals surface area contributed by atoms with Crippen LogP contribution in [0.1, 0.15) is 60.3 Å². The van der Waals surface area contributed by atoms with Crippen LogP contribution < -0.4 is 4.90 Å². The average molecular weight is 368 g/mol. The van der Waals surface area contributed by atoms with Crippen molar-refractivity contribution < 1.29 is 9.53 Å². The third-order valence-electron chi connectivity index (χ3n) is 7.50. The van der Waals surface area contributed by atoms with Crippen LogP contribution >= 0.6 is 0 Å². The number of ether oxygens (including phenoxy) is 1. The number of carbonyl (C=O) groups excluding carboxylic acids is 1. The maximum Gasteiger partial charge on any atom is 0.272 e. The number of rotatable bonds is 2. The molecule has 4 aliphatic heterocycles. The summed E-state index contributed by atoms with van der Waals surface area (Å²) in [6, 6.07) is 0. The van der Waals surface area contributed by atoms with Crippen molar-refractivity contribution >= 4 is 11.9 Å². The van der Waals surface area contributed by atoms with Gasteiger partial charge in [-0.3, -0.25) is 4.79 Å². The number of hydrogen-bond acceptors (Lipinski definition) is 5. The van der Waals surface area contributed by atoms with Crippen LogP contribution in [0.3, 0.4) is 0 Å². The molecule has 4 saturated heterocycles. The molecule has 1 aromatic rings. The van der Waals surface area contributed by atoms with Crippen LogP contribution in [0.25, 0.3) is 0 Å². The van der Waals surface area contributed by atoms with E-state index >= 15 is 0 Å². The highest BCUT2D eigenvalue weighted by Gasteiger charge is 2.54. The lowest BCUT2D eigenvalue weighted by atomic mass is 9.82. The zero-order chi connectivity index (χ0) is 18.0. The van der Waals surface area contributed by atoms with E-state index in [1.807, 2.05) is 0 Å². The third-order valence-corrected chi connectivity index (χ3v) is 7.50. The Morgan fingerprint density at radius 1 is 0.926 bits per heavy atom. The number of anilines is 1. The molecule has 5 aliphatic rings. The van der Waals surface area contributed by atoms with E-state index in [-0.39, 0.29) is 5.91 Å². The molecule has 0 spiro atoms. The van der Waals surface area contributed by atoms with Crippen LogP contribution in [-0.2, 0) is 17.6 Å². The van der Waals surface area contributed by atoms with E-state index in [1.54, 1.807) is 0 Å². The van der Waals surface area contributed by atoms with Gasteiger partial charge in [0.05, 0.1) is 12.2 Å². The van der Waals surface area contributed by atoms with Crippen molar-refractivity contribution in [2.45, 2.75) is 63.6 Å². The van der Waals surface area contributed by atoms with Crippen molar-refractivity contribution in [3.05, 3.63) is 17.0 Å². The van der Waals surface area contributed by atoms with Gasteiger partial charge in [-0.1, -0.05) is 0 Å². The summed E-state index contributed by atoms with van der Waals surface area (Å²) in [5.41, 5.74) is 2.96. The van der Waals surface area contributed by atoms with Crippen molar-refractivity contribution in [1.29, 1.82) is 0 Å². The topological polar surface area (TPSA) is 58.6 Å². The molecule has 1 aliphatic carbocycles. The van der Waals surface area contributed by atoms with Gasteiger partial charge in [0.15, 0.2) is 0 Å². The predicted octanol–water partition coefficient (Wildman–Crippen LogP) is 2.21. The minimum absolute atomic E-state index is 0.143. The summed E-state index contributed by atoms with van der Waals surface area (Å²) >= 11 is 0. The normalized spacial score (nSPS) is 34.2. The molecule has 0 N–H and O–H groups in total. The molecule has 6 rings (SSSR count). The lowest BCUT2D eigenvalue weighted by molar-refractivity contribution is 0.0590. The van der Waals surface area contributed by atoms with E-state index < -0.39 is 0 Å². The molecule has 0 aromatic carbocycles. The monoisotopic (exact) mass is 368 g/mol. The van der Waals surface area contributed by atoms with Gasteiger partial charge in [0, 0.05) is 49.3 Å². The first-order chi connectivity index (χ1) is 13.3. The molecule has 6 heteroatoms. The first kappa shape index (κ1) is 16.3. The number of hydrogen-bond donors (Lipinski definition) is 0. The Balaban J connectivity index is 1.33. The highest BCUT2D eigenvalue weighted by molar-refractivity contribution is 5.94. The summed E-state index contributed by atoms with van der Waals surface area (Å²) in [5, 5.41) is 0. The maximum atomic E-state index is 13.5. The Hall–Kier alpha value is -1.69. The number of amides is 1. The summed E-state index contributed by atoms with van der Waals surface area (Å²) < 4.78 is 6.08. The van der Waals surface area contributed by atoms with Gasteiger partial charge in [-0.25, -0.2) is 9.97 Å². The Morgan fingerprint density at radius 2 is 1.63 bits per heavy atom. The number of nitrogens with zero attached hydrogens (tertiary/aromatic N) is 4. The standard InChI is InChI=1S/C21H28N4O2/c26-20(25-11-14-15(12-25)18-8-7-17(14)27-18)19-13-5-1-2-6-16(13)22-21(23-19)24-9-3-4-10-24/h14-15,17-18H,1-12H2/t14-,15+,17+,18-. The van der Waals surface area contributed by atoms with E-state index in [4.69, 9.17) is 14.7 Å². The van der Waals surface area contributed by atoms with Crippen LogP contribution in [0, 0.1) is 11.8 Å². The van der Waals surface area contributed by atoms with Crippen LogP contribution in [0.4, 0.5) is 5.95 Å². The predicted molar refractivity (Wildman–Crippen MR) is 101 cm³/mol. The Morgan fingerprint density at radius 3 is 2.37 bits per heavy atom. The van der Waals surface area contributed by atoms with Gasteiger partial charge in [-0.05, 0) is 51.4 Å². The summed E-state index contributed by atoms with van der Waals surface area (Å²) in [7, 11) is 0. The molecular weight excluding hydrogens is 340 g/mol. The molecule has 144 valence electrons. The highest BCUT2D eigenvalue weighted by atomic mass is 16.5. The number of carbonyl (C=O) groups is 1. The molecule has 1 amide bonds. The fraction of sp³-hybridized carbons (Fsp3) is 0.762. The fourth-order valence-electron chi connectivity index (χ4n) is 6.09. The summed E-state index contributed by atoms with van der Waals surface area (Å²) in [4.78, 5) is 27.6. The minimum atomic E-state index is 0.143. The number of likely N-dealkylation sites (tertiary alicyclic amines) is 1. The van der Waals surface area contributed by atoms with Crippen molar-refractivity contribution in [1.82, 2.24) is 14.9 Å². The second-order valence-electron chi connectivity index (χ2n) is 9.03. The van der Waals surface area contributed by atoms with Gasteiger partial charge in [-0.2, -0.15) is 0 Å². The van der Waals surface area contributed by atoms with Crippen molar-refractivity contribution in [3.63, 3.8) is 0 Å². The zero-order valence-electron chi connectivity index (χ0n) is 15.9. The minimum Gasteiger partial charge on any atom is -0.374 e. The second kappa shape index (κ2) is 6.16. The first-order valence-corrected chi connectivity index (χ1v) is 10.9. The van der Waals surface area contributed by atoms with E-state index in [2.05, 4.69) is 9.80 Å². The van der Waals surface area contributed by atoms with Crippen LogP contribution in [0.2, 0.25) is 0 Å². The summed E-state index contributed by atoms with van der Waals surface area (Å²) in [6.45, 7) is 3.73. The molecule has 4 fully saturated rings. The quantitative estimate of drug-likeness (QED) is 0.801. The lowest BCUT2D eigenvalue weighted by Gasteiger charge is -2.25. The molecule has 6 nitrogen and oxygen atoms in total. The van der Waals surface area contributed by atoms with Crippen LogP contribution in [0.5, 0.6) is 0 Å². The molecule has 1 aromatic heterocycles. The van der Waals surface area contributed by atoms with Gasteiger partial charge in [0.25, 0.3) is 5.91 Å². The Bertz CT molecular complexity index is 758. The van der Waals surface area contributed by atoms with Gasteiger partial charge >= 0.3 is 0 Å². The molecule has 5 heterocycles. The van der Waals surface area contributed by atoms with Gasteiger partial charge in [0.1, 0.15) is 5.69 Å².